The van der Waals surface area contributed by atoms with Gasteiger partial charge in [0.1, 0.15) is 5.75 Å². The van der Waals surface area contributed by atoms with E-state index in [1.807, 2.05) is 12.1 Å². The third kappa shape index (κ3) is 2.42. The molecule has 1 aromatic rings. The minimum Gasteiger partial charge on any atom is -0.493 e. The molecule has 0 aliphatic carbocycles. The molecule has 0 aromatic heterocycles. The SMILES string of the molecule is CC1(CNC2CCOc3ccc(Br)cc32)COC1. The Kier molecular flexibility index (Phi) is 3.34. The highest BCUT2D eigenvalue weighted by molar-refractivity contribution is 9.10. The number of hydrogen-bond acceptors (Lipinski definition) is 3. The summed E-state index contributed by atoms with van der Waals surface area (Å²) >= 11 is 3.53. The van der Waals surface area contributed by atoms with Gasteiger partial charge in [0.25, 0.3) is 0 Å². The van der Waals surface area contributed by atoms with Crippen LogP contribution in [0.3, 0.4) is 0 Å². The van der Waals surface area contributed by atoms with Gasteiger partial charge in [-0.3, -0.25) is 0 Å². The molecule has 0 spiro atoms. The van der Waals surface area contributed by atoms with Gasteiger partial charge in [-0.15, -0.1) is 0 Å². The molecule has 2 heterocycles. The Balaban J connectivity index is 1.72. The molecule has 0 saturated carbocycles. The van der Waals surface area contributed by atoms with Crippen LogP contribution in [0.25, 0.3) is 0 Å². The molecule has 0 radical (unpaired) electrons. The van der Waals surface area contributed by atoms with E-state index in [0.29, 0.717) is 11.5 Å². The number of fused-ring (bicyclic) bond motifs is 1. The Labute approximate surface area is 116 Å². The molecule has 4 heteroatoms. The van der Waals surface area contributed by atoms with Crippen LogP contribution in [0, 0.1) is 5.41 Å². The van der Waals surface area contributed by atoms with Crippen LogP contribution in [0.15, 0.2) is 22.7 Å². The zero-order chi connectivity index (χ0) is 12.6. The van der Waals surface area contributed by atoms with Gasteiger partial charge in [0.15, 0.2) is 0 Å². The van der Waals surface area contributed by atoms with Crippen LogP contribution < -0.4 is 10.1 Å². The quantitative estimate of drug-likeness (QED) is 0.931. The smallest absolute Gasteiger partial charge is 0.124 e. The van der Waals surface area contributed by atoms with Crippen molar-refractivity contribution in [1.82, 2.24) is 5.32 Å². The average molecular weight is 312 g/mol. The maximum Gasteiger partial charge on any atom is 0.124 e. The highest BCUT2D eigenvalue weighted by Crippen LogP contribution is 2.35. The van der Waals surface area contributed by atoms with Crippen LogP contribution in [-0.2, 0) is 4.74 Å². The fraction of sp³-hybridized carbons (Fsp3) is 0.571. The minimum atomic E-state index is 0.310. The summed E-state index contributed by atoms with van der Waals surface area (Å²) in [5.74, 6) is 1.01. The maximum atomic E-state index is 5.70. The van der Waals surface area contributed by atoms with Crippen molar-refractivity contribution in [1.29, 1.82) is 0 Å². The van der Waals surface area contributed by atoms with E-state index in [2.05, 4.69) is 34.2 Å². The second-order valence-corrected chi connectivity index (χ2v) is 6.47. The first-order valence-electron chi connectivity index (χ1n) is 6.40. The Morgan fingerprint density at radius 2 is 2.28 bits per heavy atom. The number of rotatable bonds is 3. The molecule has 1 aromatic carbocycles. The number of ether oxygens (including phenoxy) is 2. The zero-order valence-electron chi connectivity index (χ0n) is 10.5. The summed E-state index contributed by atoms with van der Waals surface area (Å²) in [5.41, 5.74) is 1.57. The van der Waals surface area contributed by atoms with Crippen LogP contribution in [0.1, 0.15) is 24.9 Å². The number of benzene rings is 1. The van der Waals surface area contributed by atoms with Gasteiger partial charge in [0, 0.05) is 34.5 Å². The lowest BCUT2D eigenvalue weighted by atomic mass is 9.88. The zero-order valence-corrected chi connectivity index (χ0v) is 12.1. The molecule has 1 unspecified atom stereocenters. The second kappa shape index (κ2) is 4.83. The van der Waals surface area contributed by atoms with E-state index in [1.54, 1.807) is 0 Å². The predicted octanol–water partition coefficient (Wildman–Crippen LogP) is 2.90. The van der Waals surface area contributed by atoms with Crippen molar-refractivity contribution in [3.8, 4) is 5.75 Å². The van der Waals surface area contributed by atoms with Crippen molar-refractivity contribution >= 4 is 15.9 Å². The first-order chi connectivity index (χ1) is 8.66. The summed E-state index contributed by atoms with van der Waals surface area (Å²) in [5, 5.41) is 3.67. The normalized spacial score (nSPS) is 24.9. The van der Waals surface area contributed by atoms with Crippen LogP contribution in [0.2, 0.25) is 0 Å². The highest BCUT2D eigenvalue weighted by atomic mass is 79.9. The lowest BCUT2D eigenvalue weighted by Crippen LogP contribution is -2.48. The number of halogens is 1. The lowest BCUT2D eigenvalue weighted by Gasteiger charge is -2.40. The molecule has 3 rings (SSSR count). The molecule has 2 aliphatic rings. The van der Waals surface area contributed by atoms with E-state index in [-0.39, 0.29) is 0 Å². The Hall–Kier alpha value is -0.580. The fourth-order valence-corrected chi connectivity index (χ4v) is 2.88. The van der Waals surface area contributed by atoms with Crippen LogP contribution >= 0.6 is 15.9 Å². The number of nitrogens with one attached hydrogen (secondary N) is 1. The van der Waals surface area contributed by atoms with Crippen LogP contribution in [0.4, 0.5) is 0 Å². The van der Waals surface area contributed by atoms with Gasteiger partial charge in [0.05, 0.1) is 19.8 Å². The van der Waals surface area contributed by atoms with Gasteiger partial charge in [-0.2, -0.15) is 0 Å². The molecule has 0 bridgehead atoms. The topological polar surface area (TPSA) is 30.5 Å². The maximum absolute atomic E-state index is 5.70. The molecule has 3 nitrogen and oxygen atoms in total. The first kappa shape index (κ1) is 12.5. The van der Waals surface area contributed by atoms with E-state index in [0.717, 1.165) is 43.0 Å². The molecule has 1 saturated heterocycles. The molecule has 2 aliphatic heterocycles. The summed E-state index contributed by atoms with van der Waals surface area (Å²) < 4.78 is 12.1. The van der Waals surface area contributed by atoms with E-state index in [1.165, 1.54) is 5.56 Å². The first-order valence-corrected chi connectivity index (χ1v) is 7.19. The second-order valence-electron chi connectivity index (χ2n) is 5.56. The summed E-state index contributed by atoms with van der Waals surface area (Å²) in [6.45, 7) is 5.80. The third-order valence-corrected chi connectivity index (χ3v) is 4.18. The molecular formula is C14H18BrNO2. The molecule has 1 atom stereocenters. The third-order valence-electron chi connectivity index (χ3n) is 3.69. The van der Waals surface area contributed by atoms with Gasteiger partial charge in [0.2, 0.25) is 0 Å². The summed E-state index contributed by atoms with van der Waals surface area (Å²) in [7, 11) is 0. The summed E-state index contributed by atoms with van der Waals surface area (Å²) in [6, 6.07) is 6.62. The molecule has 18 heavy (non-hydrogen) atoms. The molecule has 1 fully saturated rings. The lowest BCUT2D eigenvalue weighted by molar-refractivity contribution is -0.100. The molecule has 98 valence electrons. The van der Waals surface area contributed by atoms with Crippen molar-refractivity contribution in [2.24, 2.45) is 5.41 Å². The van der Waals surface area contributed by atoms with E-state index >= 15 is 0 Å². The Morgan fingerprint density at radius 3 is 3.00 bits per heavy atom. The Bertz CT molecular complexity index is 445. The van der Waals surface area contributed by atoms with Crippen LogP contribution in [-0.4, -0.2) is 26.4 Å². The van der Waals surface area contributed by atoms with Crippen molar-refractivity contribution < 1.29 is 9.47 Å². The Morgan fingerprint density at radius 1 is 1.44 bits per heavy atom. The predicted molar refractivity (Wildman–Crippen MR) is 73.9 cm³/mol. The highest BCUT2D eigenvalue weighted by Gasteiger charge is 2.34. The van der Waals surface area contributed by atoms with Gasteiger partial charge < -0.3 is 14.8 Å². The van der Waals surface area contributed by atoms with Gasteiger partial charge in [-0.25, -0.2) is 0 Å². The summed E-state index contributed by atoms with van der Waals surface area (Å²) in [6.07, 6.45) is 1.03. The largest absolute Gasteiger partial charge is 0.493 e. The van der Waals surface area contributed by atoms with E-state index in [4.69, 9.17) is 9.47 Å². The van der Waals surface area contributed by atoms with Crippen molar-refractivity contribution in [3.63, 3.8) is 0 Å². The van der Waals surface area contributed by atoms with E-state index < -0.39 is 0 Å². The molecule has 0 amide bonds. The molecular weight excluding hydrogens is 294 g/mol. The number of hydrogen-bond donors (Lipinski definition) is 1. The van der Waals surface area contributed by atoms with Crippen molar-refractivity contribution in [2.45, 2.75) is 19.4 Å². The van der Waals surface area contributed by atoms with Crippen LogP contribution in [0.5, 0.6) is 5.75 Å². The molecule has 1 N–H and O–H groups in total. The van der Waals surface area contributed by atoms with E-state index in [9.17, 15) is 0 Å². The van der Waals surface area contributed by atoms with Gasteiger partial charge in [-0.05, 0) is 18.2 Å². The monoisotopic (exact) mass is 311 g/mol. The standard InChI is InChI=1S/C14H18BrNO2/c1-14(8-17-9-14)7-16-12-4-5-18-13-3-2-10(15)6-11(12)13/h2-3,6,12,16H,4-5,7-9H2,1H3. The van der Waals surface area contributed by atoms with Gasteiger partial charge >= 0.3 is 0 Å². The average Bonchev–Trinajstić information content (AvgIpc) is 2.34. The van der Waals surface area contributed by atoms with Crippen molar-refractivity contribution in [2.75, 3.05) is 26.4 Å². The van der Waals surface area contributed by atoms with Gasteiger partial charge in [-0.1, -0.05) is 22.9 Å². The minimum absolute atomic E-state index is 0.310. The summed E-state index contributed by atoms with van der Waals surface area (Å²) in [4.78, 5) is 0. The van der Waals surface area contributed by atoms with Crippen molar-refractivity contribution in [3.05, 3.63) is 28.2 Å². The fourth-order valence-electron chi connectivity index (χ4n) is 2.50.